The maximum Gasteiger partial charge on any atom is 0.337 e. The van der Waals surface area contributed by atoms with Gasteiger partial charge in [0.15, 0.2) is 17.3 Å². The third-order valence-electron chi connectivity index (χ3n) is 6.13. The number of methoxy groups -OCH3 is 2. The number of aromatic hydroxyl groups is 1. The van der Waals surface area contributed by atoms with Crippen LogP contribution in [0.3, 0.4) is 0 Å². The second-order valence-electron chi connectivity index (χ2n) is 8.24. The van der Waals surface area contributed by atoms with Crippen LogP contribution in [0.2, 0.25) is 0 Å². The van der Waals surface area contributed by atoms with Crippen molar-refractivity contribution in [2.45, 2.75) is 38.7 Å². The predicted octanol–water partition coefficient (Wildman–Crippen LogP) is 4.88. The summed E-state index contributed by atoms with van der Waals surface area (Å²) in [5, 5.41) is 13.6. The fourth-order valence-electron chi connectivity index (χ4n) is 4.45. The lowest BCUT2D eigenvalue weighted by Gasteiger charge is -2.34. The van der Waals surface area contributed by atoms with Crippen LogP contribution in [0.25, 0.3) is 0 Å². The van der Waals surface area contributed by atoms with Gasteiger partial charge in [-0.25, -0.2) is 4.79 Å². The summed E-state index contributed by atoms with van der Waals surface area (Å²) in [6.07, 6.45) is 1.89. The highest BCUT2D eigenvalue weighted by Crippen LogP contribution is 2.46. The lowest BCUT2D eigenvalue weighted by molar-refractivity contribution is -0.140. The van der Waals surface area contributed by atoms with Crippen LogP contribution in [0.15, 0.2) is 63.4 Å². The van der Waals surface area contributed by atoms with Crippen molar-refractivity contribution in [2.75, 3.05) is 14.2 Å². The molecule has 2 aromatic carbocycles. The molecule has 0 saturated carbocycles. The second kappa shape index (κ2) is 9.93. The Morgan fingerprint density at radius 1 is 1.15 bits per heavy atom. The monoisotopic (exact) mass is 527 g/mol. The summed E-state index contributed by atoms with van der Waals surface area (Å²) in [5.41, 5.74) is 3.86. The number of phenolic OH excluding ortho intramolecular Hbond substituents is 1. The van der Waals surface area contributed by atoms with Gasteiger partial charge in [0.05, 0.1) is 24.3 Å². The number of benzene rings is 2. The molecule has 1 aliphatic heterocycles. The minimum Gasteiger partial charge on any atom is -0.503 e. The molecule has 0 radical (unpaired) electrons. The van der Waals surface area contributed by atoms with E-state index in [-0.39, 0.29) is 23.9 Å². The van der Waals surface area contributed by atoms with Gasteiger partial charge in [-0.1, -0.05) is 12.1 Å². The molecular weight excluding hydrogens is 502 g/mol. The fraction of sp³-hybridized carbons (Fsp3) is 0.308. The van der Waals surface area contributed by atoms with E-state index in [4.69, 9.17) is 14.2 Å². The molecular formula is C26H26BrNO6. The van der Waals surface area contributed by atoms with E-state index >= 15 is 0 Å². The lowest BCUT2D eigenvalue weighted by Crippen LogP contribution is -2.34. The Bertz CT molecular complexity index is 1200. The molecule has 1 heterocycles. The summed E-state index contributed by atoms with van der Waals surface area (Å²) in [6, 6.07) is 10.6. The zero-order valence-electron chi connectivity index (χ0n) is 19.2. The number of ether oxygens (including phenoxy) is 3. The molecule has 0 saturated heterocycles. The van der Waals surface area contributed by atoms with Crippen LogP contribution in [0, 0.1) is 0 Å². The van der Waals surface area contributed by atoms with Gasteiger partial charge in [-0.15, -0.1) is 0 Å². The van der Waals surface area contributed by atoms with Crippen LogP contribution in [-0.4, -0.2) is 31.1 Å². The quantitative estimate of drug-likeness (QED) is 0.516. The number of halogens is 1. The summed E-state index contributed by atoms with van der Waals surface area (Å²) < 4.78 is 16.6. The number of rotatable bonds is 6. The highest BCUT2D eigenvalue weighted by atomic mass is 79.9. The molecule has 34 heavy (non-hydrogen) atoms. The van der Waals surface area contributed by atoms with Crippen LogP contribution in [0.4, 0.5) is 0 Å². The number of ketones is 1. The molecule has 4 rings (SSSR count). The summed E-state index contributed by atoms with van der Waals surface area (Å²) in [7, 11) is 3.04. The molecule has 178 valence electrons. The van der Waals surface area contributed by atoms with Gasteiger partial charge in [0.2, 0.25) is 0 Å². The van der Waals surface area contributed by atoms with E-state index < -0.39 is 11.9 Å². The maximum absolute atomic E-state index is 13.4. The van der Waals surface area contributed by atoms with E-state index in [9.17, 15) is 14.7 Å². The van der Waals surface area contributed by atoms with Crippen molar-refractivity contribution >= 4 is 27.7 Å². The first-order valence-electron chi connectivity index (χ1n) is 10.9. The molecule has 2 aliphatic rings. The van der Waals surface area contributed by atoms with Gasteiger partial charge < -0.3 is 24.6 Å². The zero-order valence-corrected chi connectivity index (χ0v) is 20.8. The minimum atomic E-state index is -0.641. The Morgan fingerprint density at radius 3 is 2.56 bits per heavy atom. The molecule has 1 unspecified atom stereocenters. The Labute approximate surface area is 206 Å². The molecule has 7 nitrogen and oxygen atoms in total. The summed E-state index contributed by atoms with van der Waals surface area (Å²) >= 11 is 3.36. The molecule has 2 N–H and O–H groups in total. The van der Waals surface area contributed by atoms with Crippen LogP contribution in [0.1, 0.15) is 43.2 Å². The van der Waals surface area contributed by atoms with E-state index in [1.165, 1.54) is 7.11 Å². The van der Waals surface area contributed by atoms with Gasteiger partial charge in [0, 0.05) is 29.3 Å². The first-order chi connectivity index (χ1) is 16.3. The summed E-state index contributed by atoms with van der Waals surface area (Å²) in [5.74, 6) is -0.245. The van der Waals surface area contributed by atoms with Crippen molar-refractivity contribution in [3.63, 3.8) is 0 Å². The van der Waals surface area contributed by atoms with Crippen molar-refractivity contribution in [1.82, 2.24) is 5.32 Å². The fourth-order valence-corrected chi connectivity index (χ4v) is 4.91. The zero-order chi connectivity index (χ0) is 24.4. The Kier molecular flexibility index (Phi) is 6.97. The van der Waals surface area contributed by atoms with E-state index in [0.29, 0.717) is 39.0 Å². The molecule has 0 aromatic heterocycles. The minimum absolute atomic E-state index is 0.00475. The average molecular weight is 528 g/mol. The maximum atomic E-state index is 13.4. The topological polar surface area (TPSA) is 94.1 Å². The predicted molar refractivity (Wildman–Crippen MR) is 130 cm³/mol. The first-order valence-corrected chi connectivity index (χ1v) is 11.7. The van der Waals surface area contributed by atoms with Gasteiger partial charge in [-0.3, -0.25) is 4.79 Å². The van der Waals surface area contributed by atoms with Gasteiger partial charge in [0.1, 0.15) is 12.4 Å². The Hall–Kier alpha value is -3.26. The SMILES string of the molecule is COc1ccc(COC(=O)C2=C(C)NC3=C(C(=O)CCC3)C2c2cc(Br)c(O)c(OC)c2)cc1. The van der Waals surface area contributed by atoms with E-state index in [2.05, 4.69) is 21.2 Å². The third-order valence-corrected chi connectivity index (χ3v) is 6.73. The third kappa shape index (κ3) is 4.55. The van der Waals surface area contributed by atoms with E-state index in [0.717, 1.165) is 24.1 Å². The number of allylic oxidation sites excluding steroid dienone is 3. The lowest BCUT2D eigenvalue weighted by atomic mass is 9.75. The number of Topliss-reactive ketones (excluding diaryl/α,β-unsaturated/α-hetero) is 1. The van der Waals surface area contributed by atoms with Gasteiger partial charge >= 0.3 is 5.97 Å². The number of dihydropyridines is 1. The molecule has 0 bridgehead atoms. The molecule has 0 spiro atoms. The van der Waals surface area contributed by atoms with Crippen molar-refractivity contribution in [3.8, 4) is 17.2 Å². The number of hydrogen-bond acceptors (Lipinski definition) is 7. The molecule has 0 amide bonds. The Morgan fingerprint density at radius 2 is 1.88 bits per heavy atom. The smallest absolute Gasteiger partial charge is 0.337 e. The Balaban J connectivity index is 1.72. The standard InChI is InChI=1S/C26H26BrNO6/c1-14-22(26(31)34-13-15-7-9-17(32-2)10-8-15)23(24-19(28-14)5-4-6-20(24)29)16-11-18(27)25(30)21(12-16)33-3/h7-12,23,28,30H,4-6,13H2,1-3H3. The highest BCUT2D eigenvalue weighted by molar-refractivity contribution is 9.10. The number of phenols is 1. The highest BCUT2D eigenvalue weighted by Gasteiger charge is 2.39. The molecule has 1 aliphatic carbocycles. The normalized spacial score (nSPS) is 17.8. The van der Waals surface area contributed by atoms with Gasteiger partial charge in [-0.05, 0) is 71.1 Å². The molecule has 1 atom stereocenters. The van der Waals surface area contributed by atoms with Crippen LogP contribution in [0.5, 0.6) is 17.2 Å². The van der Waals surface area contributed by atoms with Crippen molar-refractivity contribution in [3.05, 3.63) is 74.5 Å². The van der Waals surface area contributed by atoms with Crippen LogP contribution < -0.4 is 14.8 Å². The van der Waals surface area contributed by atoms with Crippen LogP contribution >= 0.6 is 15.9 Å². The number of hydrogen-bond donors (Lipinski definition) is 2. The number of carbonyl (C=O) groups excluding carboxylic acids is 2. The number of carbonyl (C=O) groups is 2. The first kappa shape index (κ1) is 23.9. The number of esters is 1. The van der Waals surface area contributed by atoms with Gasteiger partial charge in [-0.2, -0.15) is 0 Å². The summed E-state index contributed by atoms with van der Waals surface area (Å²) in [4.78, 5) is 26.5. The van der Waals surface area contributed by atoms with Crippen molar-refractivity contribution in [1.29, 1.82) is 0 Å². The second-order valence-corrected chi connectivity index (χ2v) is 9.10. The average Bonchev–Trinajstić information content (AvgIpc) is 2.83. The van der Waals surface area contributed by atoms with E-state index in [1.54, 1.807) is 31.4 Å². The largest absolute Gasteiger partial charge is 0.503 e. The van der Waals surface area contributed by atoms with Crippen LogP contribution in [-0.2, 0) is 20.9 Å². The summed E-state index contributed by atoms with van der Waals surface area (Å²) in [6.45, 7) is 1.89. The van der Waals surface area contributed by atoms with Crippen molar-refractivity contribution < 1.29 is 28.9 Å². The van der Waals surface area contributed by atoms with Crippen molar-refractivity contribution in [2.24, 2.45) is 0 Å². The molecule has 2 aromatic rings. The van der Waals surface area contributed by atoms with E-state index in [1.807, 2.05) is 19.1 Å². The van der Waals surface area contributed by atoms with Gasteiger partial charge in [0.25, 0.3) is 0 Å². The molecule has 8 heteroatoms. The number of nitrogens with one attached hydrogen (secondary N) is 1. The molecule has 0 fully saturated rings.